The Bertz CT molecular complexity index is 431. The first kappa shape index (κ1) is 14.5. The molecule has 1 fully saturated rings. The van der Waals surface area contributed by atoms with Crippen molar-refractivity contribution in [1.29, 1.82) is 0 Å². The first-order chi connectivity index (χ1) is 9.15. The molecule has 0 aliphatic carbocycles. The monoisotopic (exact) mass is 283 g/mol. The van der Waals surface area contributed by atoms with Crippen molar-refractivity contribution in [3.63, 3.8) is 0 Å². The van der Waals surface area contributed by atoms with Crippen LogP contribution in [0.15, 0.2) is 0 Å². The van der Waals surface area contributed by atoms with Crippen LogP contribution in [-0.2, 0) is 11.2 Å². The van der Waals surface area contributed by atoms with E-state index in [0.717, 1.165) is 56.0 Å². The highest BCUT2D eigenvalue weighted by molar-refractivity contribution is 6.30. The summed E-state index contributed by atoms with van der Waals surface area (Å²) in [7, 11) is 1.78. The van der Waals surface area contributed by atoms with Gasteiger partial charge in [0.25, 0.3) is 0 Å². The molecule has 5 heteroatoms. The zero-order valence-electron chi connectivity index (χ0n) is 11.9. The lowest BCUT2D eigenvalue weighted by Gasteiger charge is -2.33. The average molecular weight is 284 g/mol. The van der Waals surface area contributed by atoms with Gasteiger partial charge in [-0.15, -0.1) is 0 Å². The number of rotatable bonds is 4. The molecule has 0 atom stereocenters. The van der Waals surface area contributed by atoms with Crippen LogP contribution in [0.4, 0.5) is 5.82 Å². The van der Waals surface area contributed by atoms with Gasteiger partial charge >= 0.3 is 0 Å². The molecule has 106 valence electrons. The topological polar surface area (TPSA) is 38.2 Å². The lowest BCUT2D eigenvalue weighted by atomic mass is 10.1. The molecule has 1 aliphatic rings. The Balaban J connectivity index is 2.19. The summed E-state index contributed by atoms with van der Waals surface area (Å²) in [5.74, 6) is 1.85. The third kappa shape index (κ3) is 3.37. The molecule has 1 aliphatic heterocycles. The number of aromatic nitrogens is 2. The Hall–Kier alpha value is -0.870. The van der Waals surface area contributed by atoms with Crippen molar-refractivity contribution < 1.29 is 4.74 Å². The van der Waals surface area contributed by atoms with Crippen molar-refractivity contribution in [2.75, 3.05) is 25.1 Å². The highest BCUT2D eigenvalue weighted by Gasteiger charge is 2.22. The zero-order valence-corrected chi connectivity index (χ0v) is 12.7. The fraction of sp³-hybridized carbons (Fsp3) is 0.714. The summed E-state index contributed by atoms with van der Waals surface area (Å²) in [5.41, 5.74) is 0.984. The lowest BCUT2D eigenvalue weighted by Crippen LogP contribution is -2.37. The molecular formula is C14H22ClN3O. The molecule has 0 bridgehead atoms. The summed E-state index contributed by atoms with van der Waals surface area (Å²) < 4.78 is 5.41. The zero-order chi connectivity index (χ0) is 13.8. The van der Waals surface area contributed by atoms with Gasteiger partial charge in [0, 0.05) is 32.2 Å². The normalized spacial score (nSPS) is 16.9. The number of halogens is 1. The molecule has 1 aromatic rings. The fourth-order valence-electron chi connectivity index (χ4n) is 2.47. The van der Waals surface area contributed by atoms with Crippen molar-refractivity contribution in [3.8, 4) is 0 Å². The average Bonchev–Trinajstić information content (AvgIpc) is 2.43. The number of methoxy groups -OCH3 is 1. The quantitative estimate of drug-likeness (QED) is 0.796. The van der Waals surface area contributed by atoms with Gasteiger partial charge in [0.15, 0.2) is 0 Å². The maximum absolute atomic E-state index is 6.23. The Morgan fingerprint density at radius 1 is 1.32 bits per heavy atom. The Morgan fingerprint density at radius 3 is 2.58 bits per heavy atom. The Labute approximate surface area is 120 Å². The number of anilines is 1. The van der Waals surface area contributed by atoms with Gasteiger partial charge in [-0.2, -0.15) is 0 Å². The molecule has 0 aromatic carbocycles. The molecule has 1 aromatic heterocycles. The van der Waals surface area contributed by atoms with E-state index in [1.54, 1.807) is 7.11 Å². The van der Waals surface area contributed by atoms with E-state index in [9.17, 15) is 0 Å². The third-order valence-electron chi connectivity index (χ3n) is 3.66. The number of ether oxygens (including phenoxy) is 1. The highest BCUT2D eigenvalue weighted by Crippen LogP contribution is 2.26. The molecular weight excluding hydrogens is 262 g/mol. The van der Waals surface area contributed by atoms with Crippen LogP contribution in [0.5, 0.6) is 0 Å². The van der Waals surface area contributed by atoms with Crippen molar-refractivity contribution in [2.24, 2.45) is 0 Å². The van der Waals surface area contributed by atoms with E-state index in [1.807, 2.05) is 6.92 Å². The maximum Gasteiger partial charge on any atom is 0.137 e. The second-order valence-electron chi connectivity index (χ2n) is 5.05. The number of aryl methyl sites for hydroxylation is 1. The lowest BCUT2D eigenvalue weighted by molar-refractivity contribution is 0.0817. The summed E-state index contributed by atoms with van der Waals surface area (Å²) in [4.78, 5) is 11.3. The summed E-state index contributed by atoms with van der Waals surface area (Å²) in [5, 5.41) is 0.585. The summed E-state index contributed by atoms with van der Waals surface area (Å²) in [6.07, 6.45) is 4.37. The molecule has 0 saturated carbocycles. The Kier molecular flexibility index (Phi) is 4.99. The van der Waals surface area contributed by atoms with Gasteiger partial charge in [-0.1, -0.05) is 18.5 Å². The summed E-state index contributed by atoms with van der Waals surface area (Å²) >= 11 is 6.23. The number of hydrogen-bond acceptors (Lipinski definition) is 4. The molecule has 2 rings (SSSR count). The van der Waals surface area contributed by atoms with Gasteiger partial charge in [0.2, 0.25) is 0 Å². The van der Waals surface area contributed by atoms with E-state index in [-0.39, 0.29) is 0 Å². The smallest absolute Gasteiger partial charge is 0.137 e. The van der Waals surface area contributed by atoms with Crippen molar-refractivity contribution >= 4 is 17.4 Å². The number of hydrogen-bond donors (Lipinski definition) is 0. The summed E-state index contributed by atoms with van der Waals surface area (Å²) in [6, 6.07) is 0. The SMILES string of the molecule is CCCc1nc(Cl)c(C)c(N2CCC(OC)CC2)n1. The summed E-state index contributed by atoms with van der Waals surface area (Å²) in [6.45, 7) is 6.06. The van der Waals surface area contributed by atoms with Crippen molar-refractivity contribution in [3.05, 3.63) is 16.5 Å². The minimum Gasteiger partial charge on any atom is -0.381 e. The van der Waals surface area contributed by atoms with Gasteiger partial charge in [-0.05, 0) is 26.2 Å². The molecule has 0 radical (unpaired) electrons. The molecule has 0 spiro atoms. The van der Waals surface area contributed by atoms with E-state index in [0.29, 0.717) is 11.3 Å². The van der Waals surface area contributed by atoms with Crippen LogP contribution in [-0.4, -0.2) is 36.3 Å². The number of piperidine rings is 1. The highest BCUT2D eigenvalue weighted by atomic mass is 35.5. The Morgan fingerprint density at radius 2 is 2.00 bits per heavy atom. The van der Waals surface area contributed by atoms with Gasteiger partial charge in [0.1, 0.15) is 16.8 Å². The van der Waals surface area contributed by atoms with Crippen LogP contribution in [0.2, 0.25) is 5.15 Å². The third-order valence-corrected chi connectivity index (χ3v) is 4.02. The molecule has 2 heterocycles. The molecule has 1 saturated heterocycles. The molecule has 19 heavy (non-hydrogen) atoms. The molecule has 0 amide bonds. The van der Waals surface area contributed by atoms with Crippen molar-refractivity contribution in [2.45, 2.75) is 45.6 Å². The van der Waals surface area contributed by atoms with Crippen LogP contribution in [0.3, 0.4) is 0 Å². The standard InChI is InChI=1S/C14H22ClN3O/c1-4-5-12-16-13(15)10(2)14(17-12)18-8-6-11(19-3)7-9-18/h11H,4-9H2,1-3H3. The predicted molar refractivity (Wildman–Crippen MR) is 78.0 cm³/mol. The fourth-order valence-corrected chi connectivity index (χ4v) is 2.65. The largest absolute Gasteiger partial charge is 0.381 e. The van der Waals surface area contributed by atoms with E-state index in [2.05, 4.69) is 21.8 Å². The van der Waals surface area contributed by atoms with Crippen LogP contribution >= 0.6 is 11.6 Å². The van der Waals surface area contributed by atoms with Crippen LogP contribution in [0.1, 0.15) is 37.6 Å². The van der Waals surface area contributed by atoms with Gasteiger partial charge < -0.3 is 9.64 Å². The second-order valence-corrected chi connectivity index (χ2v) is 5.41. The molecule has 0 N–H and O–H groups in total. The van der Waals surface area contributed by atoms with Gasteiger partial charge in [-0.25, -0.2) is 9.97 Å². The van der Waals surface area contributed by atoms with Gasteiger partial charge in [-0.3, -0.25) is 0 Å². The van der Waals surface area contributed by atoms with E-state index in [4.69, 9.17) is 16.3 Å². The minimum atomic E-state index is 0.379. The van der Waals surface area contributed by atoms with Crippen LogP contribution in [0.25, 0.3) is 0 Å². The predicted octanol–water partition coefficient (Wildman–Crippen LogP) is 3.01. The second kappa shape index (κ2) is 6.53. The maximum atomic E-state index is 6.23. The first-order valence-corrected chi connectivity index (χ1v) is 7.34. The first-order valence-electron chi connectivity index (χ1n) is 6.96. The molecule has 0 unspecified atom stereocenters. The van der Waals surface area contributed by atoms with Crippen LogP contribution in [0, 0.1) is 6.92 Å². The van der Waals surface area contributed by atoms with E-state index >= 15 is 0 Å². The van der Waals surface area contributed by atoms with E-state index < -0.39 is 0 Å². The van der Waals surface area contributed by atoms with Crippen molar-refractivity contribution in [1.82, 2.24) is 9.97 Å². The number of nitrogens with zero attached hydrogens (tertiary/aromatic N) is 3. The van der Waals surface area contributed by atoms with Crippen LogP contribution < -0.4 is 4.90 Å². The van der Waals surface area contributed by atoms with E-state index in [1.165, 1.54) is 0 Å². The molecule has 4 nitrogen and oxygen atoms in total. The minimum absolute atomic E-state index is 0.379. The van der Waals surface area contributed by atoms with Gasteiger partial charge in [0.05, 0.1) is 6.10 Å².